The minimum absolute atomic E-state index is 0.203. The molecule has 0 aliphatic carbocycles. The van der Waals surface area contributed by atoms with E-state index in [4.69, 9.17) is 4.74 Å². The Kier molecular flexibility index (Phi) is 6.31. The van der Waals surface area contributed by atoms with Crippen molar-refractivity contribution in [2.24, 2.45) is 0 Å². The van der Waals surface area contributed by atoms with E-state index in [0.29, 0.717) is 10.2 Å². The Morgan fingerprint density at radius 1 is 0.852 bits per heavy atom. The highest BCUT2D eigenvalue weighted by Crippen LogP contribution is 2.30. The maximum Gasteiger partial charge on any atom is 0.243 e. The van der Waals surface area contributed by atoms with Gasteiger partial charge in [-0.2, -0.15) is 4.31 Å². The summed E-state index contributed by atoms with van der Waals surface area (Å²) in [6.45, 7) is 0.576. The minimum Gasteiger partial charge on any atom is -0.496 e. The van der Waals surface area contributed by atoms with E-state index >= 15 is 0 Å². The molecule has 6 heteroatoms. The number of nitrogens with zero attached hydrogens (tertiary/aromatic N) is 1. The van der Waals surface area contributed by atoms with Gasteiger partial charge in [0.15, 0.2) is 0 Å². The first-order valence-corrected chi connectivity index (χ1v) is 10.7. The summed E-state index contributed by atoms with van der Waals surface area (Å²) in [5, 5.41) is 0. The summed E-state index contributed by atoms with van der Waals surface area (Å²) >= 11 is 3.37. The molecule has 0 N–H and O–H groups in total. The van der Waals surface area contributed by atoms with Gasteiger partial charge in [0.25, 0.3) is 0 Å². The van der Waals surface area contributed by atoms with Gasteiger partial charge in [-0.1, -0.05) is 60.7 Å². The van der Waals surface area contributed by atoms with Crippen LogP contribution < -0.4 is 4.74 Å². The molecule has 0 radical (unpaired) electrons. The molecule has 0 fully saturated rings. The van der Waals surface area contributed by atoms with Crippen molar-refractivity contribution < 1.29 is 13.2 Å². The second-order valence-electron chi connectivity index (χ2n) is 6.04. The van der Waals surface area contributed by atoms with Crippen LogP contribution in [0.25, 0.3) is 0 Å². The summed E-state index contributed by atoms with van der Waals surface area (Å²) in [5.41, 5.74) is 1.86. The van der Waals surface area contributed by atoms with Gasteiger partial charge in [0.05, 0.1) is 16.5 Å². The number of hydrogen-bond donors (Lipinski definition) is 0. The number of halogens is 1. The molecule has 0 atom stereocenters. The predicted octanol–water partition coefficient (Wildman–Crippen LogP) is 4.85. The van der Waals surface area contributed by atoms with Crippen LogP contribution in [0.4, 0.5) is 0 Å². The molecule has 3 rings (SSSR count). The largest absolute Gasteiger partial charge is 0.496 e. The number of ether oxygens (including phenoxy) is 1. The standard InChI is InChI=1S/C21H20BrNO3S/c1-26-21-14-19(12-13-20(21)22)27(24,25)23(15-17-8-4-2-5-9-17)16-18-10-6-3-7-11-18/h2-14H,15-16H2,1H3. The lowest BCUT2D eigenvalue weighted by Gasteiger charge is -2.23. The molecule has 0 saturated carbocycles. The molecule has 0 saturated heterocycles. The topological polar surface area (TPSA) is 46.6 Å². The average Bonchev–Trinajstić information content (AvgIpc) is 2.69. The van der Waals surface area contributed by atoms with E-state index < -0.39 is 10.0 Å². The summed E-state index contributed by atoms with van der Waals surface area (Å²) in [4.78, 5) is 0.203. The van der Waals surface area contributed by atoms with E-state index in [0.717, 1.165) is 11.1 Å². The second-order valence-corrected chi connectivity index (χ2v) is 8.83. The van der Waals surface area contributed by atoms with E-state index in [2.05, 4.69) is 15.9 Å². The van der Waals surface area contributed by atoms with Crippen molar-refractivity contribution in [1.29, 1.82) is 0 Å². The minimum atomic E-state index is -3.71. The van der Waals surface area contributed by atoms with Crippen molar-refractivity contribution in [1.82, 2.24) is 4.31 Å². The van der Waals surface area contributed by atoms with E-state index in [1.807, 2.05) is 60.7 Å². The van der Waals surface area contributed by atoms with Crippen LogP contribution in [0.1, 0.15) is 11.1 Å². The van der Waals surface area contributed by atoms with Crippen molar-refractivity contribution in [3.05, 3.63) is 94.5 Å². The number of rotatable bonds is 7. The Morgan fingerprint density at radius 3 is 1.85 bits per heavy atom. The third-order valence-electron chi connectivity index (χ3n) is 4.16. The Hall–Kier alpha value is -2.15. The first kappa shape index (κ1) is 19.6. The fourth-order valence-electron chi connectivity index (χ4n) is 2.75. The normalized spacial score (nSPS) is 11.5. The summed E-state index contributed by atoms with van der Waals surface area (Å²) in [6, 6.07) is 24.0. The van der Waals surface area contributed by atoms with Crippen molar-refractivity contribution >= 4 is 26.0 Å². The van der Waals surface area contributed by atoms with Crippen LogP contribution >= 0.6 is 15.9 Å². The first-order chi connectivity index (χ1) is 13.0. The van der Waals surface area contributed by atoms with E-state index in [-0.39, 0.29) is 18.0 Å². The summed E-state index contributed by atoms with van der Waals surface area (Å²) < 4.78 is 34.2. The van der Waals surface area contributed by atoms with Gasteiger partial charge in [-0.05, 0) is 39.2 Å². The molecule has 0 aliphatic heterocycles. The van der Waals surface area contributed by atoms with Crippen LogP contribution in [-0.2, 0) is 23.1 Å². The van der Waals surface area contributed by atoms with Crippen LogP contribution in [0, 0.1) is 0 Å². The quantitative estimate of drug-likeness (QED) is 0.522. The lowest BCUT2D eigenvalue weighted by Crippen LogP contribution is -2.30. The Morgan fingerprint density at radius 2 is 1.37 bits per heavy atom. The third-order valence-corrected chi connectivity index (χ3v) is 6.61. The lowest BCUT2D eigenvalue weighted by molar-refractivity contribution is 0.397. The van der Waals surface area contributed by atoms with E-state index in [1.54, 1.807) is 18.2 Å². The lowest BCUT2D eigenvalue weighted by atomic mass is 10.2. The molecule has 27 heavy (non-hydrogen) atoms. The molecule has 0 spiro atoms. The van der Waals surface area contributed by atoms with Gasteiger partial charge in [0.2, 0.25) is 10.0 Å². The number of sulfonamides is 1. The van der Waals surface area contributed by atoms with Crippen LogP contribution in [0.3, 0.4) is 0 Å². The number of hydrogen-bond acceptors (Lipinski definition) is 3. The van der Waals surface area contributed by atoms with Gasteiger partial charge in [0.1, 0.15) is 5.75 Å². The summed E-state index contributed by atoms with van der Waals surface area (Å²) in [6.07, 6.45) is 0. The molecule has 3 aromatic rings. The molecule has 0 bridgehead atoms. The molecular weight excluding hydrogens is 426 g/mol. The average molecular weight is 446 g/mol. The molecule has 0 heterocycles. The van der Waals surface area contributed by atoms with Gasteiger partial charge in [0, 0.05) is 19.2 Å². The summed E-state index contributed by atoms with van der Waals surface area (Å²) in [5.74, 6) is 0.482. The third kappa shape index (κ3) is 4.77. The Labute approximate surface area is 168 Å². The van der Waals surface area contributed by atoms with Crippen LogP contribution in [0.5, 0.6) is 5.75 Å². The highest BCUT2D eigenvalue weighted by Gasteiger charge is 2.26. The maximum absolute atomic E-state index is 13.4. The fourth-order valence-corrected chi connectivity index (χ4v) is 4.59. The Bertz CT molecular complexity index is 951. The molecule has 0 aromatic heterocycles. The van der Waals surface area contributed by atoms with E-state index in [1.165, 1.54) is 11.4 Å². The zero-order valence-corrected chi connectivity index (χ0v) is 17.3. The second kappa shape index (κ2) is 8.69. The van der Waals surface area contributed by atoms with Crippen LogP contribution in [-0.4, -0.2) is 19.8 Å². The van der Waals surface area contributed by atoms with Crippen molar-refractivity contribution in [3.63, 3.8) is 0 Å². The number of benzene rings is 3. The van der Waals surface area contributed by atoms with Crippen LogP contribution in [0.2, 0.25) is 0 Å². The molecule has 140 valence electrons. The van der Waals surface area contributed by atoms with Gasteiger partial charge < -0.3 is 4.74 Å². The number of methoxy groups -OCH3 is 1. The zero-order chi connectivity index (χ0) is 19.3. The molecule has 0 aliphatic rings. The van der Waals surface area contributed by atoms with Gasteiger partial charge in [-0.3, -0.25) is 0 Å². The van der Waals surface area contributed by atoms with Gasteiger partial charge in [-0.25, -0.2) is 8.42 Å². The fraction of sp³-hybridized carbons (Fsp3) is 0.143. The van der Waals surface area contributed by atoms with Gasteiger partial charge >= 0.3 is 0 Å². The first-order valence-electron chi connectivity index (χ1n) is 8.42. The zero-order valence-electron chi connectivity index (χ0n) is 14.9. The van der Waals surface area contributed by atoms with Crippen molar-refractivity contribution in [2.75, 3.05) is 7.11 Å². The van der Waals surface area contributed by atoms with Crippen molar-refractivity contribution in [3.8, 4) is 5.75 Å². The molecular formula is C21H20BrNO3S. The highest BCUT2D eigenvalue weighted by molar-refractivity contribution is 9.10. The highest BCUT2D eigenvalue weighted by atomic mass is 79.9. The van der Waals surface area contributed by atoms with Gasteiger partial charge in [-0.15, -0.1) is 0 Å². The Balaban J connectivity index is 1.99. The smallest absolute Gasteiger partial charge is 0.243 e. The molecule has 0 amide bonds. The monoisotopic (exact) mass is 445 g/mol. The van der Waals surface area contributed by atoms with Crippen LogP contribution in [0.15, 0.2) is 88.2 Å². The SMILES string of the molecule is COc1cc(S(=O)(=O)N(Cc2ccccc2)Cc2ccccc2)ccc1Br. The van der Waals surface area contributed by atoms with E-state index in [9.17, 15) is 8.42 Å². The molecule has 4 nitrogen and oxygen atoms in total. The maximum atomic E-state index is 13.4. The predicted molar refractivity (Wildman–Crippen MR) is 110 cm³/mol. The van der Waals surface area contributed by atoms with Crippen molar-refractivity contribution in [2.45, 2.75) is 18.0 Å². The summed E-state index contributed by atoms with van der Waals surface area (Å²) in [7, 11) is -2.20. The molecule has 0 unspecified atom stereocenters. The molecule has 3 aromatic carbocycles.